The van der Waals surface area contributed by atoms with Crippen molar-refractivity contribution in [3.8, 4) is 17.0 Å². The van der Waals surface area contributed by atoms with E-state index in [2.05, 4.69) is 25.1 Å². The number of aryl methyl sites for hydroxylation is 1. The number of piperazine rings is 1. The Kier molecular flexibility index (Phi) is 8.73. The number of sulfonamides is 1. The molecule has 5 rings (SSSR count). The number of imidazole rings is 1. The topological polar surface area (TPSA) is 95.3 Å². The van der Waals surface area contributed by atoms with E-state index in [1.807, 2.05) is 14.1 Å². The van der Waals surface area contributed by atoms with E-state index in [0.29, 0.717) is 54.6 Å². The third kappa shape index (κ3) is 5.95. The lowest BCUT2D eigenvalue weighted by atomic mass is 10.1. The Labute approximate surface area is 244 Å². The van der Waals surface area contributed by atoms with Crippen LogP contribution in [0.4, 0.5) is 20.3 Å². The summed E-state index contributed by atoms with van der Waals surface area (Å²) >= 11 is 0. The Morgan fingerprint density at radius 3 is 2.50 bits per heavy atom. The van der Waals surface area contributed by atoms with Crippen LogP contribution in [0, 0.1) is 18.6 Å². The van der Waals surface area contributed by atoms with Gasteiger partial charge in [0.05, 0.1) is 23.9 Å². The van der Waals surface area contributed by atoms with Crippen molar-refractivity contribution in [3.63, 3.8) is 0 Å². The highest BCUT2D eigenvalue weighted by Gasteiger charge is 2.29. The molecular formula is C29H35F2N7O3S. The molecule has 0 spiro atoms. The van der Waals surface area contributed by atoms with Crippen LogP contribution in [-0.2, 0) is 10.0 Å². The number of aromatic nitrogens is 3. The van der Waals surface area contributed by atoms with Crippen LogP contribution >= 0.6 is 0 Å². The predicted octanol–water partition coefficient (Wildman–Crippen LogP) is 3.99. The highest BCUT2D eigenvalue weighted by molar-refractivity contribution is 7.89. The van der Waals surface area contributed by atoms with Crippen molar-refractivity contribution < 1.29 is 21.9 Å². The van der Waals surface area contributed by atoms with E-state index < -0.39 is 21.7 Å². The molecule has 1 saturated heterocycles. The number of ether oxygens (including phenoxy) is 1. The van der Waals surface area contributed by atoms with Gasteiger partial charge in [0.25, 0.3) is 0 Å². The second-order valence-electron chi connectivity index (χ2n) is 10.6. The number of nitrogens with zero attached hydrogens (tertiary/aromatic N) is 6. The number of nitrogens with one attached hydrogen (secondary N) is 1. The fourth-order valence-corrected chi connectivity index (χ4v) is 6.82. The minimum Gasteiger partial charge on any atom is -0.494 e. The zero-order valence-electron chi connectivity index (χ0n) is 24.1. The first-order chi connectivity index (χ1) is 20.1. The highest BCUT2D eigenvalue weighted by atomic mass is 32.2. The van der Waals surface area contributed by atoms with Gasteiger partial charge in [-0.15, -0.1) is 0 Å². The molecule has 0 radical (unpaired) electrons. The molecular weight excluding hydrogens is 564 g/mol. The number of rotatable bonds is 10. The van der Waals surface area contributed by atoms with E-state index in [1.165, 1.54) is 31.6 Å². The van der Waals surface area contributed by atoms with Gasteiger partial charge in [-0.25, -0.2) is 22.8 Å². The maximum atomic E-state index is 14.8. The van der Waals surface area contributed by atoms with E-state index in [4.69, 9.17) is 4.74 Å². The monoisotopic (exact) mass is 599 g/mol. The lowest BCUT2D eigenvalue weighted by molar-refractivity contribution is 0.181. The van der Waals surface area contributed by atoms with Crippen molar-refractivity contribution in [3.05, 3.63) is 66.1 Å². The summed E-state index contributed by atoms with van der Waals surface area (Å²) in [4.78, 5) is 13.5. The van der Waals surface area contributed by atoms with Crippen molar-refractivity contribution in [1.82, 2.24) is 28.5 Å². The molecule has 0 amide bonds. The van der Waals surface area contributed by atoms with Crippen LogP contribution < -0.4 is 10.1 Å². The summed E-state index contributed by atoms with van der Waals surface area (Å²) in [6, 6.07) is 7.83. The van der Waals surface area contributed by atoms with Crippen molar-refractivity contribution in [2.75, 3.05) is 65.8 Å². The van der Waals surface area contributed by atoms with E-state index in [9.17, 15) is 17.2 Å². The molecule has 0 aliphatic carbocycles. The van der Waals surface area contributed by atoms with Gasteiger partial charge in [-0.3, -0.25) is 4.40 Å². The number of benzene rings is 2. The number of fused-ring (bicyclic) bond motifs is 1. The van der Waals surface area contributed by atoms with Crippen LogP contribution in [0.3, 0.4) is 0 Å². The molecule has 0 atom stereocenters. The first kappa shape index (κ1) is 29.8. The average Bonchev–Trinajstić information content (AvgIpc) is 3.39. The van der Waals surface area contributed by atoms with E-state index in [0.717, 1.165) is 19.5 Å². The van der Waals surface area contributed by atoms with Gasteiger partial charge in [-0.1, -0.05) is 0 Å². The normalized spacial score (nSPS) is 15.0. The van der Waals surface area contributed by atoms with Gasteiger partial charge >= 0.3 is 0 Å². The van der Waals surface area contributed by atoms with Crippen molar-refractivity contribution >= 4 is 27.2 Å². The second kappa shape index (κ2) is 12.3. The lowest BCUT2D eigenvalue weighted by Crippen LogP contribution is -2.49. The molecule has 10 nitrogen and oxygen atoms in total. The molecule has 1 aliphatic rings. The third-order valence-electron chi connectivity index (χ3n) is 7.44. The first-order valence-electron chi connectivity index (χ1n) is 13.7. The summed E-state index contributed by atoms with van der Waals surface area (Å²) in [6.07, 6.45) is 5.61. The van der Waals surface area contributed by atoms with Gasteiger partial charge in [0.2, 0.25) is 15.8 Å². The SMILES string of the molecule is COc1ccc(-c2cnc3c(Nc4ccc(S(=O)(=O)N5CCN(CCCN(C)C)CC5)c(C)c4)nccn23)c(F)c1F. The molecule has 1 N–H and O–H groups in total. The summed E-state index contributed by atoms with van der Waals surface area (Å²) in [5.74, 6) is -1.93. The summed E-state index contributed by atoms with van der Waals surface area (Å²) in [6.45, 7) is 6.05. The fraction of sp³-hybridized carbons (Fsp3) is 0.379. The molecule has 0 bridgehead atoms. The minimum atomic E-state index is -3.65. The maximum absolute atomic E-state index is 14.8. The van der Waals surface area contributed by atoms with Crippen LogP contribution in [0.2, 0.25) is 0 Å². The molecule has 2 aromatic carbocycles. The molecule has 224 valence electrons. The molecule has 0 saturated carbocycles. The number of halogens is 2. The zero-order chi connectivity index (χ0) is 30.0. The average molecular weight is 600 g/mol. The molecule has 4 aromatic rings. The van der Waals surface area contributed by atoms with Crippen LogP contribution in [0.25, 0.3) is 16.9 Å². The maximum Gasteiger partial charge on any atom is 0.243 e. The summed E-state index contributed by atoms with van der Waals surface area (Å²) < 4.78 is 64.2. The first-order valence-corrected chi connectivity index (χ1v) is 15.1. The van der Waals surface area contributed by atoms with Gasteiger partial charge in [-0.2, -0.15) is 8.70 Å². The lowest BCUT2D eigenvalue weighted by Gasteiger charge is -2.34. The van der Waals surface area contributed by atoms with Crippen molar-refractivity contribution in [2.45, 2.75) is 18.2 Å². The highest BCUT2D eigenvalue weighted by Crippen LogP contribution is 2.32. The van der Waals surface area contributed by atoms with E-state index in [-0.39, 0.29) is 16.2 Å². The van der Waals surface area contributed by atoms with Crippen molar-refractivity contribution in [2.24, 2.45) is 0 Å². The second-order valence-corrected chi connectivity index (χ2v) is 12.5. The van der Waals surface area contributed by atoms with Crippen LogP contribution in [0.1, 0.15) is 12.0 Å². The van der Waals surface area contributed by atoms with E-state index in [1.54, 1.807) is 40.0 Å². The van der Waals surface area contributed by atoms with Crippen LogP contribution in [-0.4, -0.2) is 97.4 Å². The van der Waals surface area contributed by atoms with Gasteiger partial charge in [0, 0.05) is 49.8 Å². The van der Waals surface area contributed by atoms with Gasteiger partial charge in [-0.05, 0) is 76.4 Å². The summed E-state index contributed by atoms with van der Waals surface area (Å²) in [7, 11) is 1.72. The smallest absolute Gasteiger partial charge is 0.243 e. The third-order valence-corrected chi connectivity index (χ3v) is 9.50. The number of hydrogen-bond donors (Lipinski definition) is 1. The predicted molar refractivity (Wildman–Crippen MR) is 158 cm³/mol. The van der Waals surface area contributed by atoms with Gasteiger partial charge in [0.1, 0.15) is 0 Å². The Balaban J connectivity index is 1.32. The molecule has 0 unspecified atom stereocenters. The van der Waals surface area contributed by atoms with Crippen LogP contribution in [0.5, 0.6) is 5.75 Å². The standard InChI is InChI=1S/C29H35F2N7O3S/c1-20-18-21(6-9-25(20)42(39,40)37-16-14-36(15-17-37)12-5-11-35(2)3)34-28-29-33-19-23(38(29)13-10-32-28)22-7-8-24(41-4)27(31)26(22)30/h6-10,13,18-19H,5,11-12,14-17H2,1-4H3,(H,32,34). The van der Waals surface area contributed by atoms with Gasteiger partial charge in [0.15, 0.2) is 23.0 Å². The Hall–Kier alpha value is -3.65. The van der Waals surface area contributed by atoms with Crippen LogP contribution in [0.15, 0.2) is 53.8 Å². The Morgan fingerprint density at radius 1 is 1.05 bits per heavy atom. The number of anilines is 2. The molecule has 3 heterocycles. The number of methoxy groups -OCH3 is 1. The fourth-order valence-electron chi connectivity index (χ4n) is 5.19. The van der Waals surface area contributed by atoms with Gasteiger partial charge < -0.3 is 19.9 Å². The zero-order valence-corrected chi connectivity index (χ0v) is 25.0. The van der Waals surface area contributed by atoms with Crippen molar-refractivity contribution in [1.29, 1.82) is 0 Å². The molecule has 1 fully saturated rings. The van der Waals surface area contributed by atoms with E-state index >= 15 is 0 Å². The molecule has 1 aliphatic heterocycles. The molecule has 2 aromatic heterocycles. The Bertz CT molecular complexity index is 1690. The molecule has 42 heavy (non-hydrogen) atoms. The number of hydrogen-bond acceptors (Lipinski definition) is 8. The minimum absolute atomic E-state index is 0.0257. The quantitative estimate of drug-likeness (QED) is 0.293. The largest absolute Gasteiger partial charge is 0.494 e. The summed E-state index contributed by atoms with van der Waals surface area (Å²) in [5, 5.41) is 3.19. The Morgan fingerprint density at radius 2 is 1.81 bits per heavy atom. The molecule has 13 heteroatoms. The summed E-state index contributed by atoms with van der Waals surface area (Å²) in [5.41, 5.74) is 1.97.